The zero-order valence-electron chi connectivity index (χ0n) is 11.2. The SMILES string of the molecule is N#Cc1cn(CC(CF)OCP(O)O)c2nc(N)[nH]c(=O)c12. The topological polar surface area (TPSA) is 150 Å². The van der Waals surface area contributed by atoms with Crippen molar-refractivity contribution >= 4 is 25.4 Å². The van der Waals surface area contributed by atoms with Crippen molar-refractivity contribution in [1.82, 2.24) is 14.5 Å². The molecule has 0 aliphatic rings. The number of anilines is 1. The minimum absolute atomic E-state index is 0.0564. The van der Waals surface area contributed by atoms with Gasteiger partial charge in [0.05, 0.1) is 12.1 Å². The van der Waals surface area contributed by atoms with Gasteiger partial charge < -0.3 is 24.8 Å². The van der Waals surface area contributed by atoms with Crippen molar-refractivity contribution in [2.75, 3.05) is 18.8 Å². The highest BCUT2D eigenvalue weighted by Gasteiger charge is 2.18. The number of nitrogens with two attached hydrogens (primary N) is 1. The Hall–Kier alpha value is -2.05. The molecule has 0 saturated carbocycles. The Morgan fingerprint density at radius 2 is 2.36 bits per heavy atom. The fourth-order valence-electron chi connectivity index (χ4n) is 1.97. The summed E-state index contributed by atoms with van der Waals surface area (Å²) in [6, 6.07) is 1.86. The van der Waals surface area contributed by atoms with Gasteiger partial charge in [0.15, 0.2) is 14.0 Å². The maximum Gasteiger partial charge on any atom is 0.263 e. The Kier molecular flexibility index (Phi) is 5.05. The molecule has 0 aliphatic carbocycles. The number of rotatable bonds is 6. The molecule has 0 bridgehead atoms. The highest BCUT2D eigenvalue weighted by Crippen LogP contribution is 2.24. The second kappa shape index (κ2) is 6.81. The van der Waals surface area contributed by atoms with Gasteiger partial charge in [-0.2, -0.15) is 10.2 Å². The van der Waals surface area contributed by atoms with Gasteiger partial charge in [0, 0.05) is 6.20 Å². The molecule has 5 N–H and O–H groups in total. The van der Waals surface area contributed by atoms with E-state index < -0.39 is 33.1 Å². The fraction of sp³-hybridized carbons (Fsp3) is 0.364. The molecule has 0 spiro atoms. The number of hydrogen-bond acceptors (Lipinski definition) is 7. The van der Waals surface area contributed by atoms with E-state index in [4.69, 9.17) is 25.5 Å². The largest absolute Gasteiger partial charge is 0.369 e. The van der Waals surface area contributed by atoms with E-state index >= 15 is 0 Å². The van der Waals surface area contributed by atoms with Crippen LogP contribution in [-0.2, 0) is 11.3 Å². The van der Waals surface area contributed by atoms with Crippen LogP contribution in [0.25, 0.3) is 11.0 Å². The molecule has 11 heteroatoms. The van der Waals surface area contributed by atoms with Crippen LogP contribution in [0, 0.1) is 11.3 Å². The molecule has 9 nitrogen and oxygen atoms in total. The Bertz CT molecular complexity index is 768. The van der Waals surface area contributed by atoms with Gasteiger partial charge >= 0.3 is 0 Å². The number of nitrogens with one attached hydrogen (secondary N) is 1. The number of hydrogen-bond donors (Lipinski definition) is 4. The second-order valence-corrected chi connectivity index (χ2v) is 5.40. The molecular weight excluding hydrogens is 316 g/mol. The number of alkyl halides is 1. The molecule has 0 fully saturated rings. The maximum atomic E-state index is 13.0. The summed E-state index contributed by atoms with van der Waals surface area (Å²) in [6.07, 6.45) is -0.0301. The van der Waals surface area contributed by atoms with Crippen LogP contribution < -0.4 is 11.3 Å². The molecule has 2 rings (SSSR count). The van der Waals surface area contributed by atoms with E-state index in [1.807, 2.05) is 6.07 Å². The fourth-order valence-corrected chi connectivity index (χ4v) is 2.32. The molecule has 0 aliphatic heterocycles. The number of nitriles is 1. The molecule has 2 aromatic heterocycles. The van der Waals surface area contributed by atoms with Crippen LogP contribution >= 0.6 is 8.38 Å². The van der Waals surface area contributed by atoms with Gasteiger partial charge in [-0.1, -0.05) is 0 Å². The van der Waals surface area contributed by atoms with E-state index in [-0.39, 0.29) is 29.1 Å². The molecule has 1 atom stereocenters. The summed E-state index contributed by atoms with van der Waals surface area (Å²) in [5, 5.41) is 9.12. The van der Waals surface area contributed by atoms with Gasteiger partial charge in [-0.15, -0.1) is 0 Å². The lowest BCUT2D eigenvalue weighted by Gasteiger charge is -2.16. The van der Waals surface area contributed by atoms with Crippen LogP contribution in [-0.4, -0.2) is 43.4 Å². The lowest BCUT2D eigenvalue weighted by Crippen LogP contribution is -2.23. The Balaban J connectivity index is 2.39. The summed E-state index contributed by atoms with van der Waals surface area (Å²) >= 11 is 0. The molecule has 0 amide bonds. The third kappa shape index (κ3) is 3.40. The zero-order chi connectivity index (χ0) is 16.3. The average molecular weight is 329 g/mol. The quantitative estimate of drug-likeness (QED) is 0.535. The zero-order valence-corrected chi connectivity index (χ0v) is 12.1. The molecule has 0 aromatic carbocycles. The summed E-state index contributed by atoms with van der Waals surface area (Å²) in [5.74, 6) is -0.131. The predicted molar refractivity (Wildman–Crippen MR) is 76.6 cm³/mol. The van der Waals surface area contributed by atoms with E-state index in [0.717, 1.165) is 0 Å². The molecule has 2 heterocycles. The highest BCUT2D eigenvalue weighted by molar-refractivity contribution is 7.44. The molecule has 0 saturated heterocycles. The van der Waals surface area contributed by atoms with Crippen LogP contribution in [0.4, 0.5) is 10.3 Å². The number of fused-ring (bicyclic) bond motifs is 1. The molecule has 118 valence electrons. The molecular formula is C11H13FN5O4P. The first-order chi connectivity index (χ1) is 10.5. The monoisotopic (exact) mass is 329 g/mol. The second-order valence-electron chi connectivity index (χ2n) is 4.40. The molecule has 2 aromatic rings. The molecule has 1 unspecified atom stereocenters. The van der Waals surface area contributed by atoms with E-state index in [0.29, 0.717) is 0 Å². The Labute approximate surface area is 124 Å². The van der Waals surface area contributed by atoms with Crippen molar-refractivity contribution in [1.29, 1.82) is 5.26 Å². The van der Waals surface area contributed by atoms with Gasteiger partial charge in [0.2, 0.25) is 5.95 Å². The number of ether oxygens (including phenoxy) is 1. The van der Waals surface area contributed by atoms with E-state index in [2.05, 4.69) is 9.97 Å². The van der Waals surface area contributed by atoms with Crippen LogP contribution in [0.15, 0.2) is 11.0 Å². The van der Waals surface area contributed by atoms with Crippen molar-refractivity contribution in [3.05, 3.63) is 22.1 Å². The summed E-state index contributed by atoms with van der Waals surface area (Å²) in [6.45, 7) is -0.947. The normalized spacial score (nSPS) is 12.7. The van der Waals surface area contributed by atoms with E-state index in [1.54, 1.807) is 0 Å². The number of halogens is 1. The first-order valence-electron chi connectivity index (χ1n) is 6.07. The van der Waals surface area contributed by atoms with Crippen LogP contribution in [0.3, 0.4) is 0 Å². The lowest BCUT2D eigenvalue weighted by molar-refractivity contribution is 0.0489. The van der Waals surface area contributed by atoms with Gasteiger partial charge in [-0.25, -0.2) is 4.39 Å². The number of aromatic nitrogens is 3. The van der Waals surface area contributed by atoms with Gasteiger partial charge in [-0.3, -0.25) is 9.78 Å². The van der Waals surface area contributed by atoms with Gasteiger partial charge in [0.1, 0.15) is 30.6 Å². The standard InChI is InChI=1S/C11H13FN5O4P/c12-1-7(21-5-22(19)20)4-17-3-6(2-13)8-9(17)15-11(14)16-10(8)18/h3,7,19-20H,1,4-5H2,(H3,14,15,16,18). The Morgan fingerprint density at radius 1 is 1.64 bits per heavy atom. The summed E-state index contributed by atoms with van der Waals surface area (Å²) in [5.41, 5.74) is 5.12. The first kappa shape index (κ1) is 16.3. The van der Waals surface area contributed by atoms with Crippen molar-refractivity contribution in [2.24, 2.45) is 0 Å². The first-order valence-corrected chi connectivity index (χ1v) is 7.51. The average Bonchev–Trinajstić information content (AvgIpc) is 2.81. The van der Waals surface area contributed by atoms with Crippen molar-refractivity contribution in [2.45, 2.75) is 12.6 Å². The summed E-state index contributed by atoms with van der Waals surface area (Å²) in [4.78, 5) is 35.7. The number of nitrogens with zero attached hydrogens (tertiary/aromatic N) is 3. The number of aromatic amines is 1. The Morgan fingerprint density at radius 3 is 2.95 bits per heavy atom. The number of H-pyrrole nitrogens is 1. The van der Waals surface area contributed by atoms with Crippen molar-refractivity contribution < 1.29 is 18.9 Å². The van der Waals surface area contributed by atoms with Crippen molar-refractivity contribution in [3.63, 3.8) is 0 Å². The van der Waals surface area contributed by atoms with E-state index in [9.17, 15) is 9.18 Å². The number of nitrogen functional groups attached to an aromatic ring is 1. The molecule has 0 radical (unpaired) electrons. The summed E-state index contributed by atoms with van der Waals surface area (Å²) < 4.78 is 19.4. The van der Waals surface area contributed by atoms with Gasteiger partial charge in [-0.05, 0) is 0 Å². The van der Waals surface area contributed by atoms with Crippen molar-refractivity contribution in [3.8, 4) is 6.07 Å². The minimum Gasteiger partial charge on any atom is -0.369 e. The summed E-state index contributed by atoms with van der Waals surface area (Å²) in [7, 11) is -2.30. The predicted octanol–water partition coefficient (Wildman–Crippen LogP) is -0.213. The minimum atomic E-state index is -2.30. The third-order valence-corrected chi connectivity index (χ3v) is 3.24. The van der Waals surface area contributed by atoms with Crippen LogP contribution in [0.5, 0.6) is 0 Å². The maximum absolute atomic E-state index is 13.0. The smallest absolute Gasteiger partial charge is 0.263 e. The lowest BCUT2D eigenvalue weighted by atomic mass is 10.3. The van der Waals surface area contributed by atoms with E-state index in [1.165, 1.54) is 10.8 Å². The third-order valence-electron chi connectivity index (χ3n) is 2.86. The van der Waals surface area contributed by atoms with Gasteiger partial charge in [0.25, 0.3) is 5.56 Å². The van der Waals surface area contributed by atoms with Crippen LogP contribution in [0.1, 0.15) is 5.56 Å². The van der Waals surface area contributed by atoms with Crippen LogP contribution in [0.2, 0.25) is 0 Å². The highest BCUT2D eigenvalue weighted by atomic mass is 31.2. The molecule has 22 heavy (non-hydrogen) atoms.